The molecule has 4 heterocycles. The van der Waals surface area contributed by atoms with Gasteiger partial charge in [-0.1, -0.05) is 0 Å². The number of aromatic nitrogens is 6. The number of rotatable bonds is 3. The van der Waals surface area contributed by atoms with Crippen molar-refractivity contribution in [3.05, 3.63) is 73.8 Å². The van der Waals surface area contributed by atoms with E-state index in [1.165, 1.54) is 0 Å². The van der Waals surface area contributed by atoms with E-state index in [2.05, 4.69) is 29.9 Å². The van der Waals surface area contributed by atoms with Crippen molar-refractivity contribution in [3.63, 3.8) is 0 Å². The molecule has 0 spiro atoms. The highest BCUT2D eigenvalue weighted by Crippen LogP contribution is 2.44. The maximum absolute atomic E-state index is 11.5. The van der Waals surface area contributed by atoms with Gasteiger partial charge in [-0.25, -0.2) is 9.97 Å². The molecule has 2 N–H and O–H groups in total. The average molecular weight is 644 g/mol. The summed E-state index contributed by atoms with van der Waals surface area (Å²) in [5.74, 6) is 1.72. The molecule has 0 aliphatic carbocycles. The maximum Gasteiger partial charge on any atom is 0.367 e. The number of imidazole rings is 2. The first-order chi connectivity index (χ1) is 14.2. The number of hydrogen-bond donors (Lipinski definition) is 2. The van der Waals surface area contributed by atoms with Crippen LogP contribution in [0.1, 0.15) is 0 Å². The second-order valence-electron chi connectivity index (χ2n) is 5.35. The molecular formula is C18H14F4I2N6. The third-order valence-corrected chi connectivity index (χ3v) is 5.57. The first kappa shape index (κ1) is 24.2. The molecule has 12 heteroatoms. The van der Waals surface area contributed by atoms with Gasteiger partial charge in [-0.05, 0) is 24.3 Å². The third kappa shape index (κ3) is 7.97. The summed E-state index contributed by atoms with van der Waals surface area (Å²) in [4.78, 5) is 22.1. The van der Waals surface area contributed by atoms with Gasteiger partial charge in [0.2, 0.25) is 0 Å². The monoisotopic (exact) mass is 644 g/mol. The summed E-state index contributed by atoms with van der Waals surface area (Å²) in [5.41, 5.74) is 2.02. The highest BCUT2D eigenvalue weighted by molar-refractivity contribution is 14.1. The predicted octanol–water partition coefficient (Wildman–Crippen LogP) is 5.99. The minimum absolute atomic E-state index is 0.393. The van der Waals surface area contributed by atoms with E-state index in [-0.39, 0.29) is 0 Å². The van der Waals surface area contributed by atoms with E-state index >= 15 is 0 Å². The van der Waals surface area contributed by atoms with Crippen molar-refractivity contribution in [2.45, 2.75) is 7.86 Å². The maximum atomic E-state index is 11.5. The van der Waals surface area contributed by atoms with Crippen molar-refractivity contribution in [2.75, 3.05) is 0 Å². The second kappa shape index (κ2) is 11.3. The zero-order valence-electron chi connectivity index (χ0n) is 15.0. The topological polar surface area (TPSA) is 83.1 Å². The Kier molecular flexibility index (Phi) is 9.13. The summed E-state index contributed by atoms with van der Waals surface area (Å²) in [6, 6.07) is 7.70. The Morgan fingerprint density at radius 1 is 0.667 bits per heavy atom. The molecule has 30 heavy (non-hydrogen) atoms. The van der Waals surface area contributed by atoms with Crippen LogP contribution in [0.2, 0.25) is 0 Å². The molecular weight excluding hydrogens is 630 g/mol. The van der Waals surface area contributed by atoms with Crippen molar-refractivity contribution in [3.8, 4) is 22.8 Å². The smallest absolute Gasteiger partial charge is 0.345 e. The lowest BCUT2D eigenvalue weighted by Crippen LogP contribution is -2.27. The first-order valence-electron chi connectivity index (χ1n) is 8.11. The van der Waals surface area contributed by atoms with Crippen molar-refractivity contribution in [1.82, 2.24) is 29.9 Å². The molecule has 0 radical (unpaired) electrons. The van der Waals surface area contributed by atoms with Gasteiger partial charge in [0.15, 0.2) is 0 Å². The molecule has 158 valence electrons. The Morgan fingerprint density at radius 2 is 1.07 bits per heavy atom. The Hall–Kier alpha value is -2.10. The molecule has 0 aliphatic heterocycles. The van der Waals surface area contributed by atoms with Crippen LogP contribution in [0.15, 0.2) is 73.8 Å². The summed E-state index contributed by atoms with van der Waals surface area (Å²) in [6.07, 6.45) is 14.1. The van der Waals surface area contributed by atoms with E-state index in [4.69, 9.17) is 0 Å². The number of nitrogens with one attached hydrogen (secondary N) is 2. The van der Waals surface area contributed by atoms with E-state index in [9.17, 15) is 17.6 Å². The van der Waals surface area contributed by atoms with Crippen molar-refractivity contribution in [2.24, 2.45) is 0 Å². The lowest BCUT2D eigenvalue weighted by Gasteiger charge is -2.13. The average Bonchev–Trinajstić information content (AvgIpc) is 3.43. The molecule has 4 rings (SSSR count). The van der Waals surface area contributed by atoms with Crippen LogP contribution in [0.25, 0.3) is 22.8 Å². The van der Waals surface area contributed by atoms with Crippen LogP contribution in [-0.2, 0) is 0 Å². The van der Waals surface area contributed by atoms with Gasteiger partial charge in [-0.3, -0.25) is 9.97 Å². The fourth-order valence-electron chi connectivity index (χ4n) is 1.85. The zero-order chi connectivity index (χ0) is 22.0. The minimum atomic E-state index is -3.94. The van der Waals surface area contributed by atoms with Crippen LogP contribution in [-0.4, -0.2) is 37.8 Å². The molecule has 0 saturated heterocycles. The molecule has 0 aliphatic rings. The molecule has 4 aromatic rings. The summed E-state index contributed by atoms with van der Waals surface area (Å²) >= 11 is 0.785. The standard InChI is InChI=1S/2C8H7N3.C2F4I2/c2*1-2-7(6-9-3-1)8-10-4-5-11-8;3-1(4,7)2(5,6)8/h2*1-6H,(H,10,11);. The highest BCUT2D eigenvalue weighted by atomic mass is 127. The molecule has 0 aromatic carbocycles. The molecule has 4 aromatic heterocycles. The molecule has 0 saturated carbocycles. The molecule has 0 unspecified atom stereocenters. The molecule has 0 bridgehead atoms. The minimum Gasteiger partial charge on any atom is -0.345 e. The van der Waals surface area contributed by atoms with Crippen LogP contribution in [0.4, 0.5) is 17.6 Å². The van der Waals surface area contributed by atoms with Gasteiger partial charge < -0.3 is 9.97 Å². The van der Waals surface area contributed by atoms with Gasteiger partial charge in [-0.2, -0.15) is 17.6 Å². The summed E-state index contributed by atoms with van der Waals surface area (Å²) in [7, 11) is 0. The zero-order valence-corrected chi connectivity index (χ0v) is 19.3. The first-order valence-corrected chi connectivity index (χ1v) is 10.3. The van der Waals surface area contributed by atoms with E-state index < -0.39 is 7.86 Å². The number of alkyl halides is 6. The Morgan fingerprint density at radius 3 is 1.30 bits per heavy atom. The Labute approximate surface area is 196 Å². The van der Waals surface area contributed by atoms with Crippen LogP contribution >= 0.6 is 45.2 Å². The fraction of sp³-hybridized carbons (Fsp3) is 0.111. The van der Waals surface area contributed by atoms with Gasteiger partial charge in [0, 0.05) is 106 Å². The number of H-pyrrole nitrogens is 2. The van der Waals surface area contributed by atoms with Crippen LogP contribution in [0.3, 0.4) is 0 Å². The quantitative estimate of drug-likeness (QED) is 0.163. The van der Waals surface area contributed by atoms with E-state index in [0.29, 0.717) is 45.2 Å². The predicted molar refractivity (Wildman–Crippen MR) is 122 cm³/mol. The summed E-state index contributed by atoms with van der Waals surface area (Å²) < 4.78 is 38.0. The van der Waals surface area contributed by atoms with E-state index in [0.717, 1.165) is 22.8 Å². The number of pyridine rings is 2. The second-order valence-corrected chi connectivity index (χ2v) is 8.06. The van der Waals surface area contributed by atoms with Gasteiger partial charge >= 0.3 is 7.86 Å². The van der Waals surface area contributed by atoms with Crippen LogP contribution in [0.5, 0.6) is 0 Å². The molecule has 0 fully saturated rings. The molecule has 6 nitrogen and oxygen atoms in total. The van der Waals surface area contributed by atoms with Gasteiger partial charge in [-0.15, -0.1) is 0 Å². The lowest BCUT2D eigenvalue weighted by molar-refractivity contribution is -0.0561. The number of halogens is 6. The highest BCUT2D eigenvalue weighted by Gasteiger charge is 2.51. The van der Waals surface area contributed by atoms with Crippen molar-refractivity contribution in [1.29, 1.82) is 0 Å². The summed E-state index contributed by atoms with van der Waals surface area (Å²) in [5, 5.41) is 0. The van der Waals surface area contributed by atoms with E-state index in [1.807, 2.05) is 24.3 Å². The number of nitrogens with zero attached hydrogens (tertiary/aromatic N) is 4. The van der Waals surface area contributed by atoms with Crippen molar-refractivity contribution >= 4 is 45.2 Å². The largest absolute Gasteiger partial charge is 0.367 e. The van der Waals surface area contributed by atoms with Gasteiger partial charge in [0.1, 0.15) is 11.6 Å². The lowest BCUT2D eigenvalue weighted by atomic mass is 10.3. The summed E-state index contributed by atoms with van der Waals surface area (Å²) in [6.45, 7) is 0. The van der Waals surface area contributed by atoms with Gasteiger partial charge in [0.25, 0.3) is 0 Å². The molecule has 0 atom stereocenters. The van der Waals surface area contributed by atoms with Crippen molar-refractivity contribution < 1.29 is 17.6 Å². The Balaban J connectivity index is 0.000000163. The molecule has 0 amide bonds. The SMILES string of the molecule is FC(F)(I)C(F)(F)I.c1cncc(-c2ncc[nH]2)c1.c1cncc(-c2ncc[nH]2)c1. The fourth-order valence-corrected chi connectivity index (χ4v) is 1.85. The number of aromatic amines is 2. The van der Waals surface area contributed by atoms with Crippen LogP contribution in [0, 0.1) is 0 Å². The normalized spacial score (nSPS) is 11.0. The van der Waals surface area contributed by atoms with Gasteiger partial charge in [0.05, 0.1) is 0 Å². The van der Waals surface area contributed by atoms with Crippen LogP contribution < -0.4 is 0 Å². The third-order valence-electron chi connectivity index (χ3n) is 3.19. The Bertz CT molecular complexity index is 876. The number of hydrogen-bond acceptors (Lipinski definition) is 4. The van der Waals surface area contributed by atoms with E-state index in [1.54, 1.807) is 49.6 Å².